The van der Waals surface area contributed by atoms with Gasteiger partial charge in [-0.25, -0.2) is 0 Å². The highest BCUT2D eigenvalue weighted by atomic mass is 16.4. The van der Waals surface area contributed by atoms with Crippen molar-refractivity contribution < 1.29 is 14.3 Å². The van der Waals surface area contributed by atoms with Gasteiger partial charge in [-0.2, -0.15) is 0 Å². The lowest BCUT2D eigenvalue weighted by atomic mass is 9.92. The number of aromatic nitrogens is 2. The van der Waals surface area contributed by atoms with Crippen LogP contribution in [0.2, 0.25) is 0 Å². The Morgan fingerprint density at radius 3 is 2.84 bits per heavy atom. The molecule has 3 aromatic heterocycles. The molecule has 1 amide bonds. The number of nitrogens with one attached hydrogen (secondary N) is 1. The van der Waals surface area contributed by atoms with Crippen molar-refractivity contribution in [2.24, 2.45) is 0 Å². The van der Waals surface area contributed by atoms with Gasteiger partial charge < -0.3 is 19.4 Å². The van der Waals surface area contributed by atoms with E-state index in [2.05, 4.69) is 16.0 Å². The summed E-state index contributed by atoms with van der Waals surface area (Å²) in [5.74, 6) is -0.628. The molecule has 162 valence electrons. The number of hydrogen-bond donors (Lipinski definition) is 2. The van der Waals surface area contributed by atoms with Crippen LogP contribution in [0.5, 0.6) is 5.75 Å². The van der Waals surface area contributed by atoms with E-state index in [1.807, 2.05) is 23.1 Å². The van der Waals surface area contributed by atoms with Crippen molar-refractivity contribution in [3.8, 4) is 5.75 Å². The molecule has 0 unspecified atom stereocenters. The summed E-state index contributed by atoms with van der Waals surface area (Å²) in [6, 6.07) is 12.9. The van der Waals surface area contributed by atoms with E-state index in [0.29, 0.717) is 18.8 Å². The number of carbonyl (C=O) groups is 1. The van der Waals surface area contributed by atoms with Gasteiger partial charge in [-0.1, -0.05) is 18.2 Å². The zero-order valence-electron chi connectivity index (χ0n) is 17.7. The van der Waals surface area contributed by atoms with Crippen molar-refractivity contribution in [2.45, 2.75) is 32.2 Å². The molecule has 7 heteroatoms. The third-order valence-corrected chi connectivity index (χ3v) is 6.11. The highest BCUT2D eigenvalue weighted by Crippen LogP contribution is 2.34. The van der Waals surface area contributed by atoms with Crippen LogP contribution in [0.1, 0.15) is 40.7 Å². The second kappa shape index (κ2) is 8.00. The molecule has 0 saturated carbocycles. The summed E-state index contributed by atoms with van der Waals surface area (Å²) < 4.78 is 5.74. The van der Waals surface area contributed by atoms with E-state index in [4.69, 9.17) is 4.42 Å². The lowest BCUT2D eigenvalue weighted by Gasteiger charge is -2.29. The average Bonchev–Trinajstić information content (AvgIpc) is 3.18. The van der Waals surface area contributed by atoms with Gasteiger partial charge in [0.2, 0.25) is 17.1 Å². The summed E-state index contributed by atoms with van der Waals surface area (Å²) in [7, 11) is 0. The molecule has 4 aromatic rings. The molecule has 1 aromatic carbocycles. The molecule has 1 aliphatic rings. The maximum atomic E-state index is 13.4. The van der Waals surface area contributed by atoms with Crippen molar-refractivity contribution in [1.82, 2.24) is 14.9 Å². The number of aromatic hydroxyl groups is 1. The van der Waals surface area contributed by atoms with Gasteiger partial charge >= 0.3 is 0 Å². The van der Waals surface area contributed by atoms with Gasteiger partial charge in [-0.3, -0.25) is 14.6 Å². The molecule has 5 rings (SSSR count). The Labute approximate surface area is 184 Å². The predicted octanol–water partition coefficient (Wildman–Crippen LogP) is 3.64. The molecule has 1 atom stereocenters. The van der Waals surface area contributed by atoms with E-state index in [0.717, 1.165) is 23.2 Å². The fourth-order valence-corrected chi connectivity index (χ4v) is 4.53. The molecule has 0 bridgehead atoms. The molecule has 0 radical (unpaired) electrons. The second-order valence-electron chi connectivity index (χ2n) is 8.16. The molecule has 0 saturated heterocycles. The minimum Gasteiger partial charge on any atom is -0.502 e. The summed E-state index contributed by atoms with van der Waals surface area (Å²) in [5, 5.41) is 11.6. The first-order chi connectivity index (χ1) is 15.5. The Morgan fingerprint density at radius 1 is 1.25 bits per heavy atom. The minimum atomic E-state index is -0.595. The van der Waals surface area contributed by atoms with Gasteiger partial charge in [0.25, 0.3) is 0 Å². The van der Waals surface area contributed by atoms with Crippen LogP contribution in [0.15, 0.2) is 64.1 Å². The number of hydrogen-bond acceptors (Lipinski definition) is 5. The van der Waals surface area contributed by atoms with Crippen LogP contribution < -0.4 is 5.43 Å². The number of rotatable bonds is 4. The Bertz CT molecular complexity index is 1360. The lowest BCUT2D eigenvalue weighted by Crippen LogP contribution is -2.36. The number of benzene rings is 1. The van der Waals surface area contributed by atoms with Gasteiger partial charge in [-0.05, 0) is 42.7 Å². The number of nitrogens with zero attached hydrogens (tertiary/aromatic N) is 2. The Balaban J connectivity index is 1.45. The van der Waals surface area contributed by atoms with Crippen LogP contribution in [0.25, 0.3) is 10.9 Å². The van der Waals surface area contributed by atoms with Crippen LogP contribution in [0.4, 0.5) is 0 Å². The molecule has 2 N–H and O–H groups in total. The van der Waals surface area contributed by atoms with Gasteiger partial charge in [0.05, 0.1) is 12.5 Å². The maximum absolute atomic E-state index is 13.4. The molecular formula is C25H23N3O4. The van der Waals surface area contributed by atoms with Crippen LogP contribution in [0.3, 0.4) is 0 Å². The largest absolute Gasteiger partial charge is 0.502 e. The van der Waals surface area contributed by atoms with Gasteiger partial charge in [0.15, 0.2) is 5.76 Å². The molecule has 0 fully saturated rings. The Kier molecular flexibility index (Phi) is 5.01. The number of para-hydroxylation sites is 1. The monoisotopic (exact) mass is 429 g/mol. The van der Waals surface area contributed by atoms with Crippen LogP contribution in [-0.4, -0.2) is 32.4 Å². The fraction of sp³-hybridized carbons (Fsp3) is 0.240. The molecule has 4 heterocycles. The van der Waals surface area contributed by atoms with Crippen LogP contribution >= 0.6 is 0 Å². The van der Waals surface area contributed by atoms with Crippen molar-refractivity contribution in [1.29, 1.82) is 0 Å². The summed E-state index contributed by atoms with van der Waals surface area (Å²) in [6.07, 6.45) is 4.08. The van der Waals surface area contributed by atoms with E-state index < -0.39 is 17.1 Å². The quantitative estimate of drug-likeness (QED) is 0.516. The molecule has 32 heavy (non-hydrogen) atoms. The predicted molar refractivity (Wildman–Crippen MR) is 119 cm³/mol. The van der Waals surface area contributed by atoms with Crippen LogP contribution in [-0.2, 0) is 17.8 Å². The summed E-state index contributed by atoms with van der Waals surface area (Å²) in [6.45, 7) is 2.76. The minimum absolute atomic E-state index is 0.0690. The van der Waals surface area contributed by atoms with E-state index >= 15 is 0 Å². The lowest BCUT2D eigenvalue weighted by molar-refractivity contribution is -0.132. The van der Waals surface area contributed by atoms with E-state index in [1.165, 1.54) is 17.0 Å². The zero-order chi connectivity index (χ0) is 22.2. The third-order valence-electron chi connectivity index (χ3n) is 6.11. The van der Waals surface area contributed by atoms with E-state index in [9.17, 15) is 14.7 Å². The summed E-state index contributed by atoms with van der Waals surface area (Å²) in [5.41, 5.74) is 3.62. The van der Waals surface area contributed by atoms with Crippen LogP contribution in [0, 0.1) is 6.92 Å². The normalized spacial score (nSPS) is 14.3. The first-order valence-corrected chi connectivity index (χ1v) is 10.6. The topological polar surface area (TPSA) is 99.4 Å². The van der Waals surface area contributed by atoms with Gasteiger partial charge in [0, 0.05) is 48.0 Å². The molecule has 0 aliphatic carbocycles. The van der Waals surface area contributed by atoms with Crippen molar-refractivity contribution >= 4 is 16.8 Å². The number of pyridine rings is 1. The maximum Gasteiger partial charge on any atom is 0.227 e. The standard InChI is InChI=1S/C25H23N3O4/c1-15-12-22(29)24(31)25(32-15)19(16-6-9-26-10-7-16)13-23(30)28-11-8-18-17-4-2-3-5-20(17)27-21(18)14-28/h2-7,9-10,12,19,27,31H,8,11,13-14H2,1H3/t19-/m0/s1. The average molecular weight is 429 g/mol. The highest BCUT2D eigenvalue weighted by molar-refractivity contribution is 5.86. The first-order valence-electron chi connectivity index (χ1n) is 10.6. The second-order valence-corrected chi connectivity index (χ2v) is 8.16. The molecule has 7 nitrogen and oxygen atoms in total. The number of H-pyrrole nitrogens is 1. The van der Waals surface area contributed by atoms with E-state index in [-0.39, 0.29) is 18.1 Å². The number of amides is 1. The third kappa shape index (κ3) is 3.56. The number of aryl methyl sites for hydroxylation is 1. The van der Waals surface area contributed by atoms with Crippen molar-refractivity contribution in [3.05, 3.63) is 93.4 Å². The number of fused-ring (bicyclic) bond motifs is 3. The Morgan fingerprint density at radius 2 is 2.03 bits per heavy atom. The summed E-state index contributed by atoms with van der Waals surface area (Å²) >= 11 is 0. The number of carbonyl (C=O) groups excluding carboxylic acids is 1. The Hall–Kier alpha value is -3.87. The first kappa shape index (κ1) is 20.1. The molecular weight excluding hydrogens is 406 g/mol. The highest BCUT2D eigenvalue weighted by Gasteiger charge is 2.30. The van der Waals surface area contributed by atoms with Crippen molar-refractivity contribution in [3.63, 3.8) is 0 Å². The van der Waals surface area contributed by atoms with E-state index in [1.54, 1.807) is 31.5 Å². The SMILES string of the molecule is Cc1cc(=O)c(O)c([C@@H](CC(=O)N2CCc3c([nH]c4ccccc34)C2)c2ccncc2)o1. The van der Waals surface area contributed by atoms with Gasteiger partial charge in [-0.15, -0.1) is 0 Å². The molecule has 0 spiro atoms. The summed E-state index contributed by atoms with van der Waals surface area (Å²) in [4.78, 5) is 34.8. The molecule has 1 aliphatic heterocycles. The zero-order valence-corrected chi connectivity index (χ0v) is 17.7. The van der Waals surface area contributed by atoms with Gasteiger partial charge in [0.1, 0.15) is 5.76 Å². The smallest absolute Gasteiger partial charge is 0.227 e. The van der Waals surface area contributed by atoms with Crippen molar-refractivity contribution in [2.75, 3.05) is 6.54 Å². The fourth-order valence-electron chi connectivity index (χ4n) is 4.53. The number of aromatic amines is 1.